The Morgan fingerprint density at radius 1 is 1.50 bits per heavy atom. The molecule has 2 nitrogen and oxygen atoms in total. The van der Waals surface area contributed by atoms with Gasteiger partial charge in [0, 0.05) is 0 Å². The molecule has 0 radical (unpaired) electrons. The molecule has 0 aliphatic rings. The number of hydrogen-bond acceptors (Lipinski definition) is 1. The molecule has 2 atom stereocenters. The van der Waals surface area contributed by atoms with Gasteiger partial charge in [0.15, 0.2) is 0 Å². The van der Waals surface area contributed by atoms with Gasteiger partial charge >= 0.3 is 5.97 Å². The first-order valence-corrected chi connectivity index (χ1v) is 4.47. The van der Waals surface area contributed by atoms with Gasteiger partial charge in [-0.05, 0) is 18.8 Å². The van der Waals surface area contributed by atoms with Gasteiger partial charge in [0.25, 0.3) is 0 Å². The minimum absolute atomic E-state index is 0.235. The summed E-state index contributed by atoms with van der Waals surface area (Å²) in [6.07, 6.45) is 5.91. The van der Waals surface area contributed by atoms with Crippen LogP contribution in [-0.2, 0) is 4.79 Å². The van der Waals surface area contributed by atoms with E-state index in [1.807, 2.05) is 6.92 Å². The Bertz CT molecular complexity index is 161. The van der Waals surface area contributed by atoms with E-state index < -0.39 is 5.97 Å². The fourth-order valence-electron chi connectivity index (χ4n) is 1.11. The molecule has 0 aliphatic carbocycles. The van der Waals surface area contributed by atoms with Crippen LogP contribution >= 0.6 is 0 Å². The van der Waals surface area contributed by atoms with E-state index in [0.29, 0.717) is 5.92 Å². The van der Waals surface area contributed by atoms with Gasteiger partial charge in [-0.2, -0.15) is 0 Å². The van der Waals surface area contributed by atoms with Crippen LogP contribution in [0.25, 0.3) is 0 Å². The quantitative estimate of drug-likeness (QED) is 0.644. The predicted octanol–water partition coefficient (Wildman–Crippen LogP) is 2.70. The topological polar surface area (TPSA) is 37.3 Å². The third-order valence-electron chi connectivity index (χ3n) is 1.85. The molecule has 70 valence electrons. The molecule has 0 spiro atoms. The number of allylic oxidation sites excluding steroid dienone is 2. The van der Waals surface area contributed by atoms with E-state index in [1.54, 1.807) is 6.92 Å². The standard InChI is InChI=1S/C10H18O2/c1-4-5-6-8(2)7-9(3)10(11)12/h5-6,8-9H,4,7H2,1-3H3,(H,11,12)/b6-5+. The van der Waals surface area contributed by atoms with Crippen LogP contribution in [0.1, 0.15) is 33.6 Å². The molecule has 0 rings (SSSR count). The van der Waals surface area contributed by atoms with Crippen LogP contribution in [0.5, 0.6) is 0 Å². The van der Waals surface area contributed by atoms with Crippen LogP contribution in [-0.4, -0.2) is 11.1 Å². The normalized spacial score (nSPS) is 16.2. The highest BCUT2D eigenvalue weighted by atomic mass is 16.4. The largest absolute Gasteiger partial charge is 0.481 e. The number of carboxylic acid groups (broad SMARTS) is 1. The number of hydrogen-bond donors (Lipinski definition) is 1. The van der Waals surface area contributed by atoms with Crippen LogP contribution in [0.3, 0.4) is 0 Å². The number of carbonyl (C=O) groups is 1. The van der Waals surface area contributed by atoms with Crippen LogP contribution in [0, 0.1) is 11.8 Å². The molecule has 0 bridgehead atoms. The molecule has 0 aromatic heterocycles. The van der Waals surface area contributed by atoms with Crippen molar-refractivity contribution in [3.63, 3.8) is 0 Å². The average Bonchev–Trinajstić information content (AvgIpc) is 2.00. The summed E-state index contributed by atoms with van der Waals surface area (Å²) in [5.41, 5.74) is 0. The van der Waals surface area contributed by atoms with Gasteiger partial charge in [-0.15, -0.1) is 0 Å². The molecule has 0 amide bonds. The number of aliphatic carboxylic acids is 1. The summed E-state index contributed by atoms with van der Waals surface area (Å²) in [6.45, 7) is 5.87. The van der Waals surface area contributed by atoms with E-state index in [-0.39, 0.29) is 5.92 Å². The Hall–Kier alpha value is -0.790. The van der Waals surface area contributed by atoms with E-state index in [0.717, 1.165) is 12.8 Å². The first-order chi connectivity index (χ1) is 5.57. The van der Waals surface area contributed by atoms with Crippen molar-refractivity contribution in [3.8, 4) is 0 Å². The van der Waals surface area contributed by atoms with Gasteiger partial charge in [0.1, 0.15) is 0 Å². The monoisotopic (exact) mass is 170 g/mol. The van der Waals surface area contributed by atoms with E-state index >= 15 is 0 Å². The Morgan fingerprint density at radius 3 is 2.50 bits per heavy atom. The Morgan fingerprint density at radius 2 is 2.08 bits per heavy atom. The SMILES string of the molecule is CC/C=C/C(C)CC(C)C(=O)O. The van der Waals surface area contributed by atoms with Gasteiger partial charge in [0.05, 0.1) is 5.92 Å². The minimum atomic E-state index is -0.702. The fourth-order valence-corrected chi connectivity index (χ4v) is 1.11. The van der Waals surface area contributed by atoms with Crippen molar-refractivity contribution in [1.29, 1.82) is 0 Å². The molecule has 1 N–H and O–H groups in total. The van der Waals surface area contributed by atoms with Crippen molar-refractivity contribution >= 4 is 5.97 Å². The van der Waals surface area contributed by atoms with Gasteiger partial charge < -0.3 is 5.11 Å². The molecule has 12 heavy (non-hydrogen) atoms. The maximum absolute atomic E-state index is 10.5. The molecule has 0 aliphatic heterocycles. The Balaban J connectivity index is 3.75. The molecule has 0 saturated carbocycles. The molecule has 0 fully saturated rings. The van der Waals surface area contributed by atoms with Crippen molar-refractivity contribution in [1.82, 2.24) is 0 Å². The third kappa shape index (κ3) is 4.94. The van der Waals surface area contributed by atoms with Gasteiger partial charge in [-0.1, -0.05) is 32.9 Å². The summed E-state index contributed by atoms with van der Waals surface area (Å²) in [6, 6.07) is 0. The Kier molecular flexibility index (Phi) is 5.43. The summed E-state index contributed by atoms with van der Waals surface area (Å²) in [4.78, 5) is 10.5. The van der Waals surface area contributed by atoms with Crippen LogP contribution in [0.15, 0.2) is 12.2 Å². The molecular formula is C10H18O2. The Labute approximate surface area is 74.3 Å². The predicted molar refractivity (Wildman–Crippen MR) is 50.0 cm³/mol. The van der Waals surface area contributed by atoms with E-state index in [1.165, 1.54) is 0 Å². The summed E-state index contributed by atoms with van der Waals surface area (Å²) >= 11 is 0. The first-order valence-electron chi connectivity index (χ1n) is 4.47. The number of carboxylic acids is 1. The van der Waals surface area contributed by atoms with Crippen LogP contribution in [0.4, 0.5) is 0 Å². The summed E-state index contributed by atoms with van der Waals surface area (Å²) in [5.74, 6) is -0.565. The van der Waals surface area contributed by atoms with Crippen molar-refractivity contribution in [2.75, 3.05) is 0 Å². The van der Waals surface area contributed by atoms with Crippen molar-refractivity contribution in [2.45, 2.75) is 33.6 Å². The van der Waals surface area contributed by atoms with Gasteiger partial charge in [0.2, 0.25) is 0 Å². The lowest BCUT2D eigenvalue weighted by atomic mass is 9.97. The molecule has 2 heteroatoms. The van der Waals surface area contributed by atoms with Gasteiger partial charge in [-0.3, -0.25) is 4.79 Å². The number of rotatable bonds is 5. The van der Waals surface area contributed by atoms with E-state index in [9.17, 15) is 4.79 Å². The van der Waals surface area contributed by atoms with Crippen LogP contribution < -0.4 is 0 Å². The minimum Gasteiger partial charge on any atom is -0.481 e. The zero-order chi connectivity index (χ0) is 9.56. The summed E-state index contributed by atoms with van der Waals surface area (Å²) in [7, 11) is 0. The van der Waals surface area contributed by atoms with E-state index in [4.69, 9.17) is 5.11 Å². The molecule has 0 aromatic rings. The van der Waals surface area contributed by atoms with Gasteiger partial charge in [-0.25, -0.2) is 0 Å². The molecule has 2 unspecified atom stereocenters. The maximum atomic E-state index is 10.5. The summed E-state index contributed by atoms with van der Waals surface area (Å²) < 4.78 is 0. The molecular weight excluding hydrogens is 152 g/mol. The smallest absolute Gasteiger partial charge is 0.306 e. The highest BCUT2D eigenvalue weighted by Crippen LogP contribution is 2.13. The van der Waals surface area contributed by atoms with Crippen molar-refractivity contribution in [3.05, 3.63) is 12.2 Å². The first kappa shape index (κ1) is 11.2. The lowest BCUT2D eigenvalue weighted by Gasteiger charge is -2.09. The average molecular weight is 170 g/mol. The zero-order valence-electron chi connectivity index (χ0n) is 8.08. The molecule has 0 heterocycles. The highest BCUT2D eigenvalue weighted by Gasteiger charge is 2.12. The van der Waals surface area contributed by atoms with Crippen LogP contribution in [0.2, 0.25) is 0 Å². The lowest BCUT2D eigenvalue weighted by Crippen LogP contribution is -2.12. The fraction of sp³-hybridized carbons (Fsp3) is 0.700. The molecule has 0 aromatic carbocycles. The second kappa shape index (κ2) is 5.81. The lowest BCUT2D eigenvalue weighted by molar-refractivity contribution is -0.141. The third-order valence-corrected chi connectivity index (χ3v) is 1.85. The zero-order valence-corrected chi connectivity index (χ0v) is 8.08. The summed E-state index contributed by atoms with van der Waals surface area (Å²) in [5, 5.41) is 8.63. The van der Waals surface area contributed by atoms with Crippen molar-refractivity contribution in [2.24, 2.45) is 11.8 Å². The maximum Gasteiger partial charge on any atom is 0.306 e. The highest BCUT2D eigenvalue weighted by molar-refractivity contribution is 5.69. The van der Waals surface area contributed by atoms with Crippen molar-refractivity contribution < 1.29 is 9.90 Å². The van der Waals surface area contributed by atoms with E-state index in [2.05, 4.69) is 19.1 Å². The molecule has 0 saturated heterocycles. The second-order valence-electron chi connectivity index (χ2n) is 3.29. The second-order valence-corrected chi connectivity index (χ2v) is 3.29.